The van der Waals surface area contributed by atoms with Crippen LogP contribution in [0, 0.1) is 0 Å². The first-order chi connectivity index (χ1) is 16.3. The minimum atomic E-state index is -0.439. The third-order valence-electron chi connectivity index (χ3n) is 6.17. The van der Waals surface area contributed by atoms with E-state index in [1.807, 2.05) is 36.4 Å². The molecule has 4 rings (SSSR count). The number of aryl methyl sites for hydroxylation is 1. The van der Waals surface area contributed by atoms with Gasteiger partial charge in [0, 0.05) is 37.0 Å². The van der Waals surface area contributed by atoms with E-state index in [2.05, 4.69) is 31.0 Å². The number of hydrogen-bond acceptors (Lipinski definition) is 4. The van der Waals surface area contributed by atoms with Crippen LogP contribution in [0.2, 0.25) is 5.02 Å². The summed E-state index contributed by atoms with van der Waals surface area (Å²) in [5, 5.41) is 10.4. The number of fused-ring (bicyclic) bond motifs is 1. The molecular formula is C27H28ClN3O3. The fraction of sp³-hybridized carbons (Fsp3) is 0.296. The van der Waals surface area contributed by atoms with Gasteiger partial charge in [-0.15, -0.1) is 0 Å². The van der Waals surface area contributed by atoms with Crippen LogP contribution in [-0.2, 0) is 20.0 Å². The summed E-state index contributed by atoms with van der Waals surface area (Å²) in [6.45, 7) is 4.31. The lowest BCUT2D eigenvalue weighted by molar-refractivity contribution is 0.277. The highest BCUT2D eigenvalue weighted by molar-refractivity contribution is 6.30. The van der Waals surface area contributed by atoms with Crippen LogP contribution in [0.1, 0.15) is 42.9 Å². The molecule has 0 unspecified atom stereocenters. The summed E-state index contributed by atoms with van der Waals surface area (Å²) in [7, 11) is 1.63. The summed E-state index contributed by atoms with van der Waals surface area (Å²) in [5.74, 6) is 0.275. The van der Waals surface area contributed by atoms with E-state index in [1.165, 1.54) is 9.13 Å². The normalized spacial score (nSPS) is 11.5. The highest BCUT2D eigenvalue weighted by Crippen LogP contribution is 2.34. The van der Waals surface area contributed by atoms with Crippen molar-refractivity contribution in [3.63, 3.8) is 0 Å². The van der Waals surface area contributed by atoms with Gasteiger partial charge in [0.1, 0.15) is 5.65 Å². The number of hydrogen-bond donors (Lipinski definition) is 1. The second-order valence-electron chi connectivity index (χ2n) is 8.77. The number of aliphatic hydroxyl groups excluding tert-OH is 1. The molecule has 0 spiro atoms. The predicted octanol–water partition coefficient (Wildman–Crippen LogP) is 4.51. The summed E-state index contributed by atoms with van der Waals surface area (Å²) in [5.41, 5.74) is 4.39. The summed E-state index contributed by atoms with van der Waals surface area (Å²) in [6, 6.07) is 15.7. The second kappa shape index (κ2) is 9.95. The molecule has 2 heterocycles. The first-order valence-corrected chi connectivity index (χ1v) is 11.8. The lowest BCUT2D eigenvalue weighted by Crippen LogP contribution is -2.40. The van der Waals surface area contributed by atoms with Gasteiger partial charge in [0.2, 0.25) is 0 Å². The largest absolute Gasteiger partial charge is 0.396 e. The molecule has 0 atom stereocenters. The van der Waals surface area contributed by atoms with Crippen LogP contribution in [0.5, 0.6) is 0 Å². The molecular weight excluding hydrogens is 450 g/mol. The fourth-order valence-electron chi connectivity index (χ4n) is 4.40. The Morgan fingerprint density at radius 1 is 1.03 bits per heavy atom. The zero-order chi connectivity index (χ0) is 24.4. The number of aliphatic hydroxyl groups is 1. The van der Waals surface area contributed by atoms with E-state index < -0.39 is 5.69 Å². The number of benzene rings is 2. The Hall–Kier alpha value is -3.22. The van der Waals surface area contributed by atoms with Crippen LogP contribution in [0.25, 0.3) is 22.2 Å². The van der Waals surface area contributed by atoms with Crippen LogP contribution in [0.4, 0.5) is 0 Å². The first-order valence-electron chi connectivity index (χ1n) is 11.4. The van der Waals surface area contributed by atoms with E-state index in [0.29, 0.717) is 28.9 Å². The zero-order valence-electron chi connectivity index (χ0n) is 19.6. The maximum absolute atomic E-state index is 13.7. The van der Waals surface area contributed by atoms with E-state index in [-0.39, 0.29) is 24.6 Å². The molecule has 0 aliphatic carbocycles. The van der Waals surface area contributed by atoms with E-state index >= 15 is 0 Å². The molecule has 2 aromatic heterocycles. The van der Waals surface area contributed by atoms with Gasteiger partial charge in [0.25, 0.3) is 5.56 Å². The summed E-state index contributed by atoms with van der Waals surface area (Å²) in [4.78, 5) is 31.2. The van der Waals surface area contributed by atoms with Gasteiger partial charge >= 0.3 is 5.69 Å². The monoisotopic (exact) mass is 477 g/mol. The maximum Gasteiger partial charge on any atom is 0.332 e. The zero-order valence-corrected chi connectivity index (χ0v) is 20.3. The van der Waals surface area contributed by atoms with Gasteiger partial charge in [-0.05, 0) is 53.1 Å². The van der Waals surface area contributed by atoms with Gasteiger partial charge in [-0.2, -0.15) is 0 Å². The van der Waals surface area contributed by atoms with E-state index in [0.717, 1.165) is 27.8 Å². The van der Waals surface area contributed by atoms with Crippen molar-refractivity contribution in [3.8, 4) is 11.1 Å². The second-order valence-corrected chi connectivity index (χ2v) is 9.21. The van der Waals surface area contributed by atoms with Crippen LogP contribution >= 0.6 is 11.6 Å². The van der Waals surface area contributed by atoms with Crippen LogP contribution < -0.4 is 11.2 Å². The number of nitrogens with zero attached hydrogens (tertiary/aromatic N) is 3. The van der Waals surface area contributed by atoms with Crippen molar-refractivity contribution in [1.82, 2.24) is 14.1 Å². The average molecular weight is 478 g/mol. The molecule has 2 aromatic carbocycles. The first kappa shape index (κ1) is 23.9. The average Bonchev–Trinajstić information content (AvgIpc) is 2.83. The molecule has 6 nitrogen and oxygen atoms in total. The summed E-state index contributed by atoms with van der Waals surface area (Å²) < 4.78 is 2.61. The molecule has 1 N–H and O–H groups in total. The van der Waals surface area contributed by atoms with Crippen LogP contribution in [0.3, 0.4) is 0 Å². The molecule has 0 saturated heterocycles. The molecule has 4 aromatic rings. The molecule has 0 aliphatic rings. The van der Waals surface area contributed by atoms with Crippen molar-refractivity contribution < 1.29 is 5.11 Å². The van der Waals surface area contributed by atoms with Gasteiger partial charge < -0.3 is 5.11 Å². The van der Waals surface area contributed by atoms with E-state index in [4.69, 9.17) is 11.6 Å². The number of rotatable bonds is 7. The predicted molar refractivity (Wildman–Crippen MR) is 137 cm³/mol. The molecule has 34 heavy (non-hydrogen) atoms. The summed E-state index contributed by atoms with van der Waals surface area (Å²) >= 11 is 6.10. The third-order valence-corrected chi connectivity index (χ3v) is 6.42. The van der Waals surface area contributed by atoms with Crippen molar-refractivity contribution in [1.29, 1.82) is 0 Å². The van der Waals surface area contributed by atoms with Crippen molar-refractivity contribution in [2.24, 2.45) is 7.05 Å². The van der Waals surface area contributed by atoms with E-state index in [9.17, 15) is 14.7 Å². The van der Waals surface area contributed by atoms with E-state index in [1.54, 1.807) is 13.2 Å². The van der Waals surface area contributed by atoms with Crippen LogP contribution in [-0.4, -0.2) is 25.8 Å². The molecule has 0 bridgehead atoms. The Labute approximate surface area is 203 Å². The fourth-order valence-corrected chi connectivity index (χ4v) is 4.53. The molecule has 0 aliphatic heterocycles. The Morgan fingerprint density at radius 2 is 1.74 bits per heavy atom. The molecule has 0 fully saturated rings. The Morgan fingerprint density at radius 3 is 2.41 bits per heavy atom. The number of pyridine rings is 1. The molecule has 0 amide bonds. The topological polar surface area (TPSA) is 77.1 Å². The van der Waals surface area contributed by atoms with Crippen molar-refractivity contribution in [2.45, 2.75) is 39.2 Å². The highest BCUT2D eigenvalue weighted by atomic mass is 35.5. The standard InChI is InChI=1S/C27H28ClN3O3/c1-17(2)20-7-4-5-8-21(20)23-16-29-25-24(22(23)15-18-9-11-19(28)12-10-18)26(33)31(13-6-14-32)27(34)30(25)3/h4-5,7-12,16-17,32H,6,13-15H2,1-3H3. The molecule has 0 saturated carbocycles. The third kappa shape index (κ3) is 4.43. The summed E-state index contributed by atoms with van der Waals surface area (Å²) in [6.07, 6.45) is 2.56. The lowest BCUT2D eigenvalue weighted by atomic mass is 9.88. The van der Waals surface area contributed by atoms with Crippen LogP contribution in [0.15, 0.2) is 64.3 Å². The molecule has 0 radical (unpaired) electrons. The Kier molecular flexibility index (Phi) is 7.00. The van der Waals surface area contributed by atoms with Gasteiger partial charge in [-0.1, -0.05) is 61.8 Å². The smallest absolute Gasteiger partial charge is 0.332 e. The minimum absolute atomic E-state index is 0.106. The Bertz CT molecular complexity index is 1450. The quantitative estimate of drug-likeness (QED) is 0.425. The highest BCUT2D eigenvalue weighted by Gasteiger charge is 2.21. The molecule has 7 heteroatoms. The number of aromatic nitrogens is 3. The van der Waals surface area contributed by atoms with Crippen molar-refractivity contribution >= 4 is 22.6 Å². The van der Waals surface area contributed by atoms with Gasteiger partial charge in [-0.3, -0.25) is 13.9 Å². The van der Waals surface area contributed by atoms with Gasteiger partial charge in [-0.25, -0.2) is 9.78 Å². The lowest BCUT2D eigenvalue weighted by Gasteiger charge is -2.19. The maximum atomic E-state index is 13.7. The Balaban J connectivity index is 2.09. The number of halogens is 1. The molecule has 176 valence electrons. The van der Waals surface area contributed by atoms with Gasteiger partial charge in [0.15, 0.2) is 0 Å². The minimum Gasteiger partial charge on any atom is -0.396 e. The van der Waals surface area contributed by atoms with Crippen molar-refractivity contribution in [3.05, 3.63) is 97.3 Å². The SMILES string of the molecule is CC(C)c1ccccc1-c1cnc2c(c1Cc1ccc(Cl)cc1)c(=O)n(CCCO)c(=O)n2C. The van der Waals surface area contributed by atoms with Crippen molar-refractivity contribution in [2.75, 3.05) is 6.61 Å². The van der Waals surface area contributed by atoms with Gasteiger partial charge in [0.05, 0.1) is 5.39 Å².